The van der Waals surface area contributed by atoms with E-state index in [1.807, 2.05) is 6.92 Å². The second kappa shape index (κ2) is 6.57. The second-order valence-corrected chi connectivity index (χ2v) is 6.25. The molecule has 0 aromatic carbocycles. The summed E-state index contributed by atoms with van der Waals surface area (Å²) in [7, 11) is 1.24. The number of rotatable bonds is 4. The second-order valence-electron chi connectivity index (χ2n) is 6.25. The number of methoxy groups -OCH3 is 1. The minimum Gasteiger partial charge on any atom is -0.453 e. The average molecular weight is 323 g/mol. The number of ether oxygens (including phenoxy) is 1. The molecular formula is C15H25N5O3. The number of amides is 2. The van der Waals surface area contributed by atoms with Gasteiger partial charge in [0.05, 0.1) is 13.2 Å². The van der Waals surface area contributed by atoms with Gasteiger partial charge in [-0.15, -0.1) is 0 Å². The number of likely N-dealkylation sites (tertiary alicyclic amines) is 1. The van der Waals surface area contributed by atoms with Crippen LogP contribution in [0.5, 0.6) is 0 Å². The van der Waals surface area contributed by atoms with Crippen molar-refractivity contribution in [3.8, 4) is 0 Å². The number of nitrogens with zero attached hydrogens (tertiary/aromatic N) is 2. The summed E-state index contributed by atoms with van der Waals surface area (Å²) in [6, 6.07) is -0.155. The third-order valence-electron chi connectivity index (χ3n) is 4.31. The molecule has 0 radical (unpaired) electrons. The number of imidazole rings is 1. The van der Waals surface area contributed by atoms with Crippen LogP contribution in [0.4, 0.5) is 4.79 Å². The van der Waals surface area contributed by atoms with Gasteiger partial charge in [-0.05, 0) is 25.7 Å². The van der Waals surface area contributed by atoms with Crippen LogP contribution in [-0.4, -0.2) is 46.2 Å². The summed E-state index contributed by atoms with van der Waals surface area (Å²) in [6.07, 6.45) is 2.69. The summed E-state index contributed by atoms with van der Waals surface area (Å²) in [5.41, 5.74) is 5.68. The van der Waals surface area contributed by atoms with Gasteiger partial charge in [0.1, 0.15) is 5.82 Å². The lowest BCUT2D eigenvalue weighted by atomic mass is 9.95. The van der Waals surface area contributed by atoms with Gasteiger partial charge in [-0.1, -0.05) is 13.8 Å². The van der Waals surface area contributed by atoms with Crippen molar-refractivity contribution in [3.05, 3.63) is 17.7 Å². The highest BCUT2D eigenvalue weighted by Crippen LogP contribution is 2.32. The SMILES string of the molecule is COC(=O)N[C@](N)(C(=O)N1CCC[C@H]1c1ncc(C)[nH]1)C(C)C. The standard InChI is InChI=1S/C15H25N5O3/c1-9(2)15(16,19-14(22)23-4)13(21)20-7-5-6-11(20)12-17-8-10(3)18-12/h8-9,11H,5-7,16H2,1-4H3,(H,17,18)(H,19,22)/t11-,15-/m0/s1. The molecular weight excluding hydrogens is 298 g/mol. The highest BCUT2D eigenvalue weighted by atomic mass is 16.5. The molecule has 128 valence electrons. The smallest absolute Gasteiger partial charge is 0.408 e. The molecule has 8 nitrogen and oxygen atoms in total. The number of hydrogen-bond acceptors (Lipinski definition) is 5. The van der Waals surface area contributed by atoms with Crippen LogP contribution < -0.4 is 11.1 Å². The lowest BCUT2D eigenvalue weighted by Crippen LogP contribution is -2.68. The Hall–Kier alpha value is -2.09. The molecule has 1 aromatic heterocycles. The molecule has 1 aromatic rings. The van der Waals surface area contributed by atoms with E-state index in [1.165, 1.54) is 7.11 Å². The molecule has 8 heteroatoms. The molecule has 0 unspecified atom stereocenters. The molecule has 1 aliphatic rings. The van der Waals surface area contributed by atoms with Gasteiger partial charge in [0, 0.05) is 18.4 Å². The largest absolute Gasteiger partial charge is 0.453 e. The molecule has 0 bridgehead atoms. The number of hydrogen-bond donors (Lipinski definition) is 3. The minimum atomic E-state index is -1.52. The van der Waals surface area contributed by atoms with Crippen LogP contribution in [-0.2, 0) is 9.53 Å². The molecule has 2 rings (SSSR count). The third-order valence-corrected chi connectivity index (χ3v) is 4.31. The van der Waals surface area contributed by atoms with E-state index in [1.54, 1.807) is 24.9 Å². The van der Waals surface area contributed by atoms with Crippen LogP contribution in [0.25, 0.3) is 0 Å². The Labute approximate surface area is 135 Å². The number of nitrogens with two attached hydrogens (primary N) is 1. The van der Waals surface area contributed by atoms with Crippen molar-refractivity contribution in [2.24, 2.45) is 11.7 Å². The first-order valence-corrected chi connectivity index (χ1v) is 7.77. The van der Waals surface area contributed by atoms with Crippen molar-refractivity contribution in [2.75, 3.05) is 13.7 Å². The summed E-state index contributed by atoms with van der Waals surface area (Å²) in [5.74, 6) is 0.126. The maximum absolute atomic E-state index is 13.0. The van der Waals surface area contributed by atoms with Crippen LogP contribution in [0, 0.1) is 12.8 Å². The molecule has 23 heavy (non-hydrogen) atoms. The monoisotopic (exact) mass is 323 g/mol. The summed E-state index contributed by atoms with van der Waals surface area (Å²) >= 11 is 0. The Bertz CT molecular complexity index is 585. The quantitative estimate of drug-likeness (QED) is 0.717. The van der Waals surface area contributed by atoms with E-state index in [0.717, 1.165) is 24.4 Å². The van der Waals surface area contributed by atoms with E-state index in [9.17, 15) is 9.59 Å². The first-order valence-electron chi connectivity index (χ1n) is 7.77. The van der Waals surface area contributed by atoms with Gasteiger partial charge in [0.25, 0.3) is 5.91 Å². The van der Waals surface area contributed by atoms with Gasteiger partial charge in [0.2, 0.25) is 0 Å². The Morgan fingerprint density at radius 1 is 1.57 bits per heavy atom. The Balaban J connectivity index is 2.26. The zero-order chi connectivity index (χ0) is 17.2. The molecule has 2 heterocycles. The molecule has 1 saturated heterocycles. The fourth-order valence-corrected chi connectivity index (χ4v) is 2.80. The number of aromatic nitrogens is 2. The number of alkyl carbamates (subject to hydrolysis) is 1. The van der Waals surface area contributed by atoms with Crippen LogP contribution in [0.2, 0.25) is 0 Å². The number of nitrogens with one attached hydrogen (secondary N) is 2. The van der Waals surface area contributed by atoms with Gasteiger partial charge in [-0.3, -0.25) is 10.1 Å². The average Bonchev–Trinajstić information content (AvgIpc) is 3.14. The van der Waals surface area contributed by atoms with Crippen LogP contribution in [0.3, 0.4) is 0 Å². The van der Waals surface area contributed by atoms with Crippen molar-refractivity contribution in [3.63, 3.8) is 0 Å². The number of H-pyrrole nitrogens is 1. The van der Waals surface area contributed by atoms with Gasteiger partial charge >= 0.3 is 6.09 Å². The lowest BCUT2D eigenvalue weighted by molar-refractivity contribution is -0.141. The fraction of sp³-hybridized carbons (Fsp3) is 0.667. The minimum absolute atomic E-state index is 0.155. The number of aromatic amines is 1. The molecule has 0 aliphatic carbocycles. The summed E-state index contributed by atoms with van der Waals surface area (Å²) in [4.78, 5) is 33.8. The molecule has 2 amide bonds. The van der Waals surface area contributed by atoms with Gasteiger partial charge in [-0.2, -0.15) is 0 Å². The third kappa shape index (κ3) is 3.31. The summed E-state index contributed by atoms with van der Waals surface area (Å²) < 4.78 is 4.60. The molecule has 4 N–H and O–H groups in total. The van der Waals surface area contributed by atoms with Crippen LogP contribution in [0.15, 0.2) is 6.20 Å². The Morgan fingerprint density at radius 2 is 2.26 bits per heavy atom. The highest BCUT2D eigenvalue weighted by molar-refractivity contribution is 5.90. The molecule has 2 atom stereocenters. The predicted molar refractivity (Wildman–Crippen MR) is 84.3 cm³/mol. The normalized spacial score (nSPS) is 20.4. The van der Waals surface area contributed by atoms with Crippen molar-refractivity contribution in [2.45, 2.75) is 45.3 Å². The Morgan fingerprint density at radius 3 is 2.78 bits per heavy atom. The Kier molecular flexibility index (Phi) is 4.93. The maximum atomic E-state index is 13.0. The van der Waals surface area contributed by atoms with Crippen molar-refractivity contribution < 1.29 is 14.3 Å². The predicted octanol–water partition coefficient (Wildman–Crippen LogP) is 1.05. The molecule has 1 aliphatic heterocycles. The van der Waals surface area contributed by atoms with Crippen LogP contribution >= 0.6 is 0 Å². The highest BCUT2D eigenvalue weighted by Gasteiger charge is 2.46. The molecule has 0 saturated carbocycles. The lowest BCUT2D eigenvalue weighted by Gasteiger charge is -2.37. The zero-order valence-electron chi connectivity index (χ0n) is 14.0. The van der Waals surface area contributed by atoms with E-state index >= 15 is 0 Å². The first kappa shape index (κ1) is 17.3. The van der Waals surface area contributed by atoms with Crippen molar-refractivity contribution in [1.82, 2.24) is 20.2 Å². The molecule has 1 fully saturated rings. The molecule has 0 spiro atoms. The van der Waals surface area contributed by atoms with Crippen molar-refractivity contribution in [1.29, 1.82) is 0 Å². The zero-order valence-corrected chi connectivity index (χ0v) is 14.0. The van der Waals surface area contributed by atoms with E-state index in [4.69, 9.17) is 5.73 Å². The van der Waals surface area contributed by atoms with E-state index < -0.39 is 11.8 Å². The van der Waals surface area contributed by atoms with Gasteiger partial charge in [0.15, 0.2) is 5.66 Å². The number of aryl methyl sites for hydroxylation is 1. The van der Waals surface area contributed by atoms with E-state index in [2.05, 4.69) is 20.0 Å². The van der Waals surface area contributed by atoms with E-state index in [0.29, 0.717) is 6.54 Å². The van der Waals surface area contributed by atoms with Gasteiger partial charge < -0.3 is 20.4 Å². The van der Waals surface area contributed by atoms with Crippen LogP contribution in [0.1, 0.15) is 44.2 Å². The number of carbonyl (C=O) groups excluding carboxylic acids is 2. The van der Waals surface area contributed by atoms with E-state index in [-0.39, 0.29) is 17.9 Å². The van der Waals surface area contributed by atoms with Gasteiger partial charge in [-0.25, -0.2) is 9.78 Å². The topological polar surface area (TPSA) is 113 Å². The first-order chi connectivity index (χ1) is 10.8. The van der Waals surface area contributed by atoms with Crippen molar-refractivity contribution >= 4 is 12.0 Å². The summed E-state index contributed by atoms with van der Waals surface area (Å²) in [6.45, 7) is 6.07. The fourth-order valence-electron chi connectivity index (χ4n) is 2.80. The maximum Gasteiger partial charge on any atom is 0.408 e. The summed E-state index contributed by atoms with van der Waals surface area (Å²) in [5, 5.41) is 2.49. The number of carbonyl (C=O) groups is 2.